The summed E-state index contributed by atoms with van der Waals surface area (Å²) in [7, 11) is 0. The highest BCUT2D eigenvalue weighted by molar-refractivity contribution is 6.30. The number of rotatable bonds is 11. The summed E-state index contributed by atoms with van der Waals surface area (Å²) in [4.78, 5) is 27.9. The minimum atomic E-state index is -0.496. The molecule has 168 valence electrons. The Labute approximate surface area is 192 Å². The fourth-order valence-corrected chi connectivity index (χ4v) is 3.59. The molecule has 0 aliphatic heterocycles. The molecule has 0 saturated heterocycles. The van der Waals surface area contributed by atoms with Crippen LogP contribution in [0.5, 0.6) is 0 Å². The number of carbonyl (C=O) groups excluding carboxylic acids is 2. The fourth-order valence-electron chi connectivity index (χ4n) is 3.47. The Morgan fingerprint density at radius 1 is 0.935 bits per heavy atom. The molecule has 0 aliphatic rings. The maximum Gasteiger partial charge on any atom is 0.242 e. The summed E-state index contributed by atoms with van der Waals surface area (Å²) in [5.41, 5.74) is 3.38. The van der Waals surface area contributed by atoms with Crippen LogP contribution in [0.4, 0.5) is 0 Å². The van der Waals surface area contributed by atoms with Gasteiger partial charge >= 0.3 is 0 Å². The van der Waals surface area contributed by atoms with E-state index in [0.29, 0.717) is 43.3 Å². The van der Waals surface area contributed by atoms with Crippen LogP contribution in [0.1, 0.15) is 57.2 Å². The predicted molar refractivity (Wildman–Crippen MR) is 128 cm³/mol. The molecule has 0 bridgehead atoms. The van der Waals surface area contributed by atoms with Gasteiger partial charge in [0.05, 0.1) is 0 Å². The molecule has 2 amide bonds. The van der Waals surface area contributed by atoms with Crippen LogP contribution < -0.4 is 5.32 Å². The highest BCUT2D eigenvalue weighted by Gasteiger charge is 2.28. The lowest BCUT2D eigenvalue weighted by atomic mass is 10.0. The number of hydrogen-bond acceptors (Lipinski definition) is 2. The average molecular weight is 443 g/mol. The van der Waals surface area contributed by atoms with Crippen LogP contribution in [0.2, 0.25) is 5.02 Å². The van der Waals surface area contributed by atoms with Gasteiger partial charge in [-0.3, -0.25) is 9.59 Å². The van der Waals surface area contributed by atoms with Crippen LogP contribution >= 0.6 is 11.6 Å². The first-order valence-electron chi connectivity index (χ1n) is 11.2. The Hall–Kier alpha value is -2.33. The van der Waals surface area contributed by atoms with Gasteiger partial charge in [-0.2, -0.15) is 0 Å². The number of benzene rings is 2. The summed E-state index contributed by atoms with van der Waals surface area (Å²) < 4.78 is 0. The Morgan fingerprint density at radius 2 is 1.52 bits per heavy atom. The van der Waals surface area contributed by atoms with E-state index in [4.69, 9.17) is 11.6 Å². The smallest absolute Gasteiger partial charge is 0.242 e. The molecule has 0 unspecified atom stereocenters. The molecule has 0 radical (unpaired) electrons. The molecule has 2 aromatic rings. The molecule has 4 nitrogen and oxygen atoms in total. The first-order valence-corrected chi connectivity index (χ1v) is 11.6. The van der Waals surface area contributed by atoms with Gasteiger partial charge in [0.15, 0.2) is 0 Å². The van der Waals surface area contributed by atoms with E-state index in [1.54, 1.807) is 4.90 Å². The first-order chi connectivity index (χ1) is 14.8. The van der Waals surface area contributed by atoms with Gasteiger partial charge in [0.25, 0.3) is 0 Å². The number of hydrogen-bond donors (Lipinski definition) is 1. The van der Waals surface area contributed by atoms with E-state index in [0.717, 1.165) is 17.5 Å². The second-order valence-corrected chi connectivity index (χ2v) is 8.82. The zero-order chi connectivity index (χ0) is 22.8. The minimum Gasteiger partial charge on any atom is -0.354 e. The Balaban J connectivity index is 2.16. The molecular formula is C26H35ClN2O2. The van der Waals surface area contributed by atoms with Crippen LogP contribution in [0, 0.1) is 5.92 Å². The summed E-state index contributed by atoms with van der Waals surface area (Å²) in [6.07, 6.45) is 2.59. The summed E-state index contributed by atoms with van der Waals surface area (Å²) in [6.45, 7) is 9.18. The van der Waals surface area contributed by atoms with Gasteiger partial charge in [-0.15, -0.1) is 0 Å². The molecule has 0 fully saturated rings. The van der Waals surface area contributed by atoms with Gasteiger partial charge < -0.3 is 10.2 Å². The molecule has 0 spiro atoms. The van der Waals surface area contributed by atoms with E-state index in [1.807, 2.05) is 31.2 Å². The second-order valence-electron chi connectivity index (χ2n) is 8.38. The lowest BCUT2D eigenvalue weighted by molar-refractivity contribution is -0.141. The Morgan fingerprint density at radius 3 is 2.06 bits per heavy atom. The zero-order valence-corrected chi connectivity index (χ0v) is 19.9. The molecule has 0 saturated carbocycles. The van der Waals surface area contributed by atoms with Gasteiger partial charge in [0, 0.05) is 24.5 Å². The molecule has 2 rings (SSSR count). The van der Waals surface area contributed by atoms with Crippen molar-refractivity contribution in [2.45, 2.75) is 66.0 Å². The summed E-state index contributed by atoms with van der Waals surface area (Å²) in [6, 6.07) is 15.3. The first kappa shape index (κ1) is 24.9. The van der Waals surface area contributed by atoms with Gasteiger partial charge in [-0.25, -0.2) is 0 Å². The number of nitrogens with zero attached hydrogens (tertiary/aromatic N) is 1. The maximum atomic E-state index is 13.3. The highest BCUT2D eigenvalue weighted by atomic mass is 35.5. The SMILES string of the molecule is CCc1ccc(CCC(=O)N(Cc2ccc(Cl)cc2)[C@H](CC)C(=O)NCC(C)C)cc1. The average Bonchev–Trinajstić information content (AvgIpc) is 2.77. The third-order valence-corrected chi connectivity index (χ3v) is 5.65. The van der Waals surface area contributed by atoms with Crippen molar-refractivity contribution in [3.8, 4) is 0 Å². The van der Waals surface area contributed by atoms with Crippen molar-refractivity contribution in [1.29, 1.82) is 0 Å². The molecule has 2 aromatic carbocycles. The summed E-state index contributed by atoms with van der Waals surface area (Å²) >= 11 is 6.02. The molecule has 31 heavy (non-hydrogen) atoms. The molecule has 5 heteroatoms. The Kier molecular flexibility index (Phi) is 10.1. The standard InChI is InChI=1S/C26H35ClN2O2/c1-5-20-7-9-21(10-8-20)13-16-25(30)29(18-22-11-14-23(27)15-12-22)24(6-2)26(31)28-17-19(3)4/h7-12,14-15,19,24H,5-6,13,16-18H2,1-4H3,(H,28,31)/t24-/m1/s1. The quantitative estimate of drug-likeness (QED) is 0.505. The van der Waals surface area contributed by atoms with Crippen LogP contribution in [-0.4, -0.2) is 29.3 Å². The van der Waals surface area contributed by atoms with Crippen LogP contribution in [0.25, 0.3) is 0 Å². The van der Waals surface area contributed by atoms with Gasteiger partial charge in [0.1, 0.15) is 6.04 Å². The molecule has 0 aliphatic carbocycles. The van der Waals surface area contributed by atoms with Crippen LogP contribution in [0.3, 0.4) is 0 Å². The van der Waals surface area contributed by atoms with Crippen molar-refractivity contribution >= 4 is 23.4 Å². The van der Waals surface area contributed by atoms with Gasteiger partial charge in [-0.1, -0.05) is 75.7 Å². The summed E-state index contributed by atoms with van der Waals surface area (Å²) in [5, 5.41) is 3.65. The lowest BCUT2D eigenvalue weighted by Gasteiger charge is -2.31. The third kappa shape index (κ3) is 8.02. The molecule has 1 atom stereocenters. The van der Waals surface area contributed by atoms with E-state index in [2.05, 4.69) is 50.4 Å². The highest BCUT2D eigenvalue weighted by Crippen LogP contribution is 2.17. The largest absolute Gasteiger partial charge is 0.354 e. The van der Waals surface area contributed by atoms with E-state index >= 15 is 0 Å². The van der Waals surface area contributed by atoms with Gasteiger partial charge in [-0.05, 0) is 54.0 Å². The third-order valence-electron chi connectivity index (χ3n) is 5.40. The number of amides is 2. The van der Waals surface area contributed by atoms with Crippen molar-refractivity contribution in [3.05, 3.63) is 70.2 Å². The van der Waals surface area contributed by atoms with Crippen molar-refractivity contribution in [3.63, 3.8) is 0 Å². The fraction of sp³-hybridized carbons (Fsp3) is 0.462. The lowest BCUT2D eigenvalue weighted by Crippen LogP contribution is -2.49. The second kappa shape index (κ2) is 12.5. The predicted octanol–water partition coefficient (Wildman–Crippen LogP) is 5.41. The van der Waals surface area contributed by atoms with E-state index in [-0.39, 0.29) is 11.8 Å². The van der Waals surface area contributed by atoms with Crippen molar-refractivity contribution in [2.24, 2.45) is 5.92 Å². The van der Waals surface area contributed by atoms with Crippen molar-refractivity contribution in [1.82, 2.24) is 10.2 Å². The van der Waals surface area contributed by atoms with E-state index in [1.165, 1.54) is 5.56 Å². The number of nitrogens with one attached hydrogen (secondary N) is 1. The van der Waals surface area contributed by atoms with Crippen molar-refractivity contribution < 1.29 is 9.59 Å². The molecular weight excluding hydrogens is 408 g/mol. The zero-order valence-electron chi connectivity index (χ0n) is 19.2. The molecule has 0 aromatic heterocycles. The molecule has 1 N–H and O–H groups in total. The molecule has 0 heterocycles. The minimum absolute atomic E-state index is 0.0129. The Bertz CT molecular complexity index is 831. The van der Waals surface area contributed by atoms with Crippen LogP contribution in [-0.2, 0) is 29.0 Å². The number of carbonyl (C=O) groups is 2. The van der Waals surface area contributed by atoms with E-state index < -0.39 is 6.04 Å². The maximum absolute atomic E-state index is 13.3. The van der Waals surface area contributed by atoms with E-state index in [9.17, 15) is 9.59 Å². The van der Waals surface area contributed by atoms with Gasteiger partial charge in [0.2, 0.25) is 11.8 Å². The number of aryl methyl sites for hydroxylation is 2. The summed E-state index contributed by atoms with van der Waals surface area (Å²) in [5.74, 6) is 0.250. The normalized spacial score (nSPS) is 11.9. The topological polar surface area (TPSA) is 49.4 Å². The monoisotopic (exact) mass is 442 g/mol. The van der Waals surface area contributed by atoms with Crippen molar-refractivity contribution in [2.75, 3.05) is 6.54 Å². The van der Waals surface area contributed by atoms with Crippen LogP contribution in [0.15, 0.2) is 48.5 Å². The number of halogens is 1.